The van der Waals surface area contributed by atoms with Crippen molar-refractivity contribution in [3.63, 3.8) is 0 Å². The number of hydrogen-bond acceptors (Lipinski definition) is 3. The van der Waals surface area contributed by atoms with Crippen molar-refractivity contribution >= 4 is 34.1 Å². The zero-order valence-electron chi connectivity index (χ0n) is 14.4. The molecule has 0 aliphatic carbocycles. The molecule has 2 nitrogen and oxygen atoms in total. The highest BCUT2D eigenvalue weighted by Crippen LogP contribution is 2.19. The maximum absolute atomic E-state index is 11.1. The molecule has 0 spiro atoms. The highest BCUT2D eigenvalue weighted by molar-refractivity contribution is 8.22. The van der Waals surface area contributed by atoms with Gasteiger partial charge < -0.3 is 5.11 Å². The molecule has 0 bridgehead atoms. The van der Waals surface area contributed by atoms with Crippen LogP contribution >= 0.6 is 24.0 Å². The van der Waals surface area contributed by atoms with E-state index in [-0.39, 0.29) is 0 Å². The first-order chi connectivity index (χ1) is 10.6. The number of aliphatic carboxylic acids is 1. The molecule has 22 heavy (non-hydrogen) atoms. The molecule has 0 aliphatic heterocycles. The van der Waals surface area contributed by atoms with E-state index < -0.39 is 11.9 Å². The van der Waals surface area contributed by atoms with Crippen LogP contribution in [0.4, 0.5) is 0 Å². The Balaban J connectivity index is 3.39. The van der Waals surface area contributed by atoms with Crippen LogP contribution in [0.3, 0.4) is 0 Å². The van der Waals surface area contributed by atoms with Crippen LogP contribution in [0.5, 0.6) is 0 Å². The van der Waals surface area contributed by atoms with Crippen LogP contribution in [-0.2, 0) is 4.79 Å². The third-order valence-electron chi connectivity index (χ3n) is 4.13. The number of carboxylic acid groups (broad SMARTS) is 1. The van der Waals surface area contributed by atoms with Crippen LogP contribution in [0.1, 0.15) is 90.4 Å². The summed E-state index contributed by atoms with van der Waals surface area (Å²) in [7, 11) is 0. The van der Waals surface area contributed by atoms with Gasteiger partial charge in [-0.15, -0.1) is 11.8 Å². The van der Waals surface area contributed by atoms with Crippen molar-refractivity contribution in [2.45, 2.75) is 90.4 Å². The molecular formula is C18H34O2S2. The fourth-order valence-electron chi connectivity index (χ4n) is 2.67. The van der Waals surface area contributed by atoms with E-state index in [0.29, 0.717) is 10.6 Å². The van der Waals surface area contributed by atoms with Gasteiger partial charge in [-0.25, -0.2) is 0 Å². The largest absolute Gasteiger partial charge is 0.481 e. The van der Waals surface area contributed by atoms with E-state index in [4.69, 9.17) is 17.3 Å². The van der Waals surface area contributed by atoms with Crippen LogP contribution in [0.25, 0.3) is 0 Å². The minimum Gasteiger partial charge on any atom is -0.481 e. The van der Waals surface area contributed by atoms with Crippen molar-refractivity contribution in [3.8, 4) is 0 Å². The SMILES string of the molecule is CCCCCCCCCCCCCCC(C(=O)O)C(=S)SC. The first-order valence-electron chi connectivity index (χ1n) is 8.94. The first kappa shape index (κ1) is 21.9. The van der Waals surface area contributed by atoms with Crippen molar-refractivity contribution in [2.24, 2.45) is 5.92 Å². The summed E-state index contributed by atoms with van der Waals surface area (Å²) in [5, 5.41) is 9.15. The highest BCUT2D eigenvalue weighted by Gasteiger charge is 2.21. The van der Waals surface area contributed by atoms with Gasteiger partial charge in [0.2, 0.25) is 0 Å². The van der Waals surface area contributed by atoms with Crippen LogP contribution < -0.4 is 0 Å². The van der Waals surface area contributed by atoms with Crippen molar-refractivity contribution in [2.75, 3.05) is 6.26 Å². The maximum atomic E-state index is 11.1. The van der Waals surface area contributed by atoms with E-state index in [1.807, 2.05) is 6.26 Å². The molecular weight excluding hydrogens is 312 g/mol. The van der Waals surface area contributed by atoms with Crippen molar-refractivity contribution < 1.29 is 9.90 Å². The molecule has 0 rings (SSSR count). The Labute approximate surface area is 146 Å². The molecule has 0 aromatic heterocycles. The van der Waals surface area contributed by atoms with Gasteiger partial charge in [0, 0.05) is 0 Å². The maximum Gasteiger partial charge on any atom is 0.312 e. The zero-order chi connectivity index (χ0) is 16.6. The van der Waals surface area contributed by atoms with Crippen LogP contribution in [0, 0.1) is 5.92 Å². The van der Waals surface area contributed by atoms with Gasteiger partial charge in [-0.3, -0.25) is 4.79 Å². The Morgan fingerprint density at radius 1 is 0.909 bits per heavy atom. The van der Waals surface area contributed by atoms with Crippen LogP contribution in [0.15, 0.2) is 0 Å². The fraction of sp³-hybridized carbons (Fsp3) is 0.889. The summed E-state index contributed by atoms with van der Waals surface area (Å²) >= 11 is 6.52. The number of thiocarbonyl (C=S) groups is 1. The topological polar surface area (TPSA) is 37.3 Å². The van der Waals surface area contributed by atoms with Crippen molar-refractivity contribution in [1.82, 2.24) is 0 Å². The monoisotopic (exact) mass is 346 g/mol. The van der Waals surface area contributed by atoms with Gasteiger partial charge in [-0.05, 0) is 12.7 Å². The number of rotatable bonds is 15. The second kappa shape index (κ2) is 15.8. The Morgan fingerprint density at radius 3 is 1.68 bits per heavy atom. The molecule has 130 valence electrons. The highest BCUT2D eigenvalue weighted by atomic mass is 32.2. The molecule has 4 heteroatoms. The van der Waals surface area contributed by atoms with E-state index in [9.17, 15) is 4.79 Å². The fourth-order valence-corrected chi connectivity index (χ4v) is 3.40. The predicted molar refractivity (Wildman–Crippen MR) is 103 cm³/mol. The smallest absolute Gasteiger partial charge is 0.312 e. The van der Waals surface area contributed by atoms with Crippen molar-refractivity contribution in [3.05, 3.63) is 0 Å². The Kier molecular flexibility index (Phi) is 15.7. The average molecular weight is 347 g/mol. The molecule has 0 fully saturated rings. The Bertz CT molecular complexity index is 293. The third-order valence-corrected chi connectivity index (χ3v) is 5.60. The number of carboxylic acids is 1. The molecule has 1 unspecified atom stereocenters. The van der Waals surface area contributed by atoms with Crippen LogP contribution in [-0.4, -0.2) is 21.5 Å². The van der Waals surface area contributed by atoms with Gasteiger partial charge in [0.25, 0.3) is 0 Å². The van der Waals surface area contributed by atoms with E-state index in [2.05, 4.69) is 6.92 Å². The number of unbranched alkanes of at least 4 members (excludes halogenated alkanes) is 11. The van der Waals surface area contributed by atoms with Gasteiger partial charge in [0.1, 0.15) is 0 Å². The summed E-state index contributed by atoms with van der Waals surface area (Å²) in [4.78, 5) is 11.1. The molecule has 0 amide bonds. The standard InChI is InChI=1S/C18H34O2S2/c1-3-4-5-6-7-8-9-10-11-12-13-14-15-16(17(19)20)18(21)22-2/h16H,3-15H2,1-2H3,(H,19,20). The zero-order valence-corrected chi connectivity index (χ0v) is 16.1. The van der Waals surface area contributed by atoms with Gasteiger partial charge in [0.15, 0.2) is 0 Å². The van der Waals surface area contributed by atoms with E-state index in [1.165, 1.54) is 76.0 Å². The summed E-state index contributed by atoms with van der Waals surface area (Å²) in [6.45, 7) is 2.26. The molecule has 1 atom stereocenters. The van der Waals surface area contributed by atoms with Crippen molar-refractivity contribution in [1.29, 1.82) is 0 Å². The third kappa shape index (κ3) is 12.5. The minimum atomic E-state index is -0.762. The molecule has 0 aromatic rings. The van der Waals surface area contributed by atoms with E-state index >= 15 is 0 Å². The summed E-state index contributed by atoms with van der Waals surface area (Å²) in [5.74, 6) is -1.20. The van der Waals surface area contributed by atoms with E-state index in [1.54, 1.807) is 0 Å². The predicted octanol–water partition coefficient (Wildman–Crippen LogP) is 6.47. The Hall–Kier alpha value is -0.0900. The lowest BCUT2D eigenvalue weighted by Crippen LogP contribution is -2.19. The second-order valence-corrected chi connectivity index (χ2v) is 7.64. The molecule has 0 aliphatic rings. The number of thioether (sulfide) groups is 1. The molecule has 0 radical (unpaired) electrons. The average Bonchev–Trinajstić information content (AvgIpc) is 2.51. The van der Waals surface area contributed by atoms with Gasteiger partial charge in [-0.2, -0.15) is 0 Å². The summed E-state index contributed by atoms with van der Waals surface area (Å²) < 4.78 is 0.621. The normalized spacial score (nSPS) is 12.3. The lowest BCUT2D eigenvalue weighted by molar-refractivity contribution is -0.139. The summed E-state index contributed by atoms with van der Waals surface area (Å²) in [6, 6.07) is 0. The number of carbonyl (C=O) groups is 1. The number of hydrogen-bond donors (Lipinski definition) is 1. The lowest BCUT2D eigenvalue weighted by Gasteiger charge is -2.11. The van der Waals surface area contributed by atoms with Gasteiger partial charge in [-0.1, -0.05) is 96.2 Å². The van der Waals surface area contributed by atoms with Crippen LogP contribution in [0.2, 0.25) is 0 Å². The quantitative estimate of drug-likeness (QED) is 0.272. The second-order valence-electron chi connectivity index (χ2n) is 6.09. The molecule has 0 heterocycles. The van der Waals surface area contributed by atoms with Gasteiger partial charge >= 0.3 is 5.97 Å². The first-order valence-corrected chi connectivity index (χ1v) is 10.6. The van der Waals surface area contributed by atoms with E-state index in [0.717, 1.165) is 12.8 Å². The Morgan fingerprint density at radius 2 is 1.32 bits per heavy atom. The summed E-state index contributed by atoms with van der Waals surface area (Å²) in [6.07, 6.45) is 18.2. The van der Waals surface area contributed by atoms with Gasteiger partial charge in [0.05, 0.1) is 10.1 Å². The molecule has 0 saturated carbocycles. The lowest BCUT2D eigenvalue weighted by atomic mass is 10.0. The molecule has 0 saturated heterocycles. The summed E-state index contributed by atoms with van der Waals surface area (Å²) in [5.41, 5.74) is 0. The minimum absolute atomic E-state index is 0.437. The molecule has 1 N–H and O–H groups in total. The molecule has 0 aromatic carbocycles.